The highest BCUT2D eigenvalue weighted by molar-refractivity contribution is 6.08. The Bertz CT molecular complexity index is 1760. The van der Waals surface area contributed by atoms with Crippen LogP contribution < -0.4 is 15.8 Å². The van der Waals surface area contributed by atoms with Crippen LogP contribution in [0.15, 0.2) is 109 Å². The average Bonchev–Trinajstić information content (AvgIpc) is 3.42. The van der Waals surface area contributed by atoms with E-state index in [-0.39, 0.29) is 5.91 Å². The largest absolute Gasteiger partial charge is 0.489 e. The van der Waals surface area contributed by atoms with Gasteiger partial charge in [0, 0.05) is 41.1 Å². The molecule has 0 unspecified atom stereocenters. The third kappa shape index (κ3) is 5.23. The summed E-state index contributed by atoms with van der Waals surface area (Å²) in [6, 6.07) is 33.6. The van der Waals surface area contributed by atoms with Crippen LogP contribution in [0.5, 0.6) is 5.75 Å². The second-order valence-electron chi connectivity index (χ2n) is 9.46. The van der Waals surface area contributed by atoms with Crippen molar-refractivity contribution in [3.8, 4) is 17.0 Å². The Morgan fingerprint density at radius 2 is 1.59 bits per heavy atom. The predicted octanol–water partition coefficient (Wildman–Crippen LogP) is 6.35. The van der Waals surface area contributed by atoms with Crippen molar-refractivity contribution in [1.82, 2.24) is 15.3 Å². The number of benzene rings is 4. The Hall–Kier alpha value is -4.94. The molecule has 0 aliphatic rings. The lowest BCUT2D eigenvalue weighted by atomic mass is 10.0. The minimum Gasteiger partial charge on any atom is -0.489 e. The first kappa shape index (κ1) is 24.4. The number of para-hydroxylation sites is 1. The third-order valence-electron chi connectivity index (χ3n) is 6.85. The van der Waals surface area contributed by atoms with Gasteiger partial charge in [-0.05, 0) is 47.0 Å². The van der Waals surface area contributed by atoms with Crippen molar-refractivity contribution >= 4 is 27.7 Å². The minimum absolute atomic E-state index is 0.149. The summed E-state index contributed by atoms with van der Waals surface area (Å²) in [6.07, 6.45) is 1.93. The molecule has 2 heterocycles. The van der Waals surface area contributed by atoms with E-state index >= 15 is 0 Å². The minimum atomic E-state index is -0.149. The summed E-state index contributed by atoms with van der Waals surface area (Å²) < 4.78 is 6.08. The lowest BCUT2D eigenvalue weighted by Crippen LogP contribution is -2.23. The van der Waals surface area contributed by atoms with Crippen molar-refractivity contribution in [2.75, 3.05) is 0 Å². The monoisotopic (exact) mass is 512 g/mol. The average molecular weight is 513 g/mol. The second kappa shape index (κ2) is 10.8. The molecule has 192 valence electrons. The fraction of sp³-hybridized carbons (Fsp3) is 0.0909. The first-order chi connectivity index (χ1) is 19.2. The topological polar surface area (TPSA) is 93.0 Å². The van der Waals surface area contributed by atoms with Crippen LogP contribution in [-0.4, -0.2) is 15.9 Å². The van der Waals surface area contributed by atoms with Gasteiger partial charge in [0.1, 0.15) is 12.4 Å². The fourth-order valence-corrected chi connectivity index (χ4v) is 4.71. The number of nitrogens with one attached hydrogen (secondary N) is 2. The molecular weight excluding hydrogens is 484 g/mol. The summed E-state index contributed by atoms with van der Waals surface area (Å²) in [5.74, 6) is 0.621. The Morgan fingerprint density at radius 3 is 2.41 bits per heavy atom. The number of hydrogen-bond acceptors (Lipinski definition) is 4. The van der Waals surface area contributed by atoms with Crippen molar-refractivity contribution in [3.05, 3.63) is 132 Å². The molecule has 0 spiro atoms. The van der Waals surface area contributed by atoms with Crippen molar-refractivity contribution in [1.29, 1.82) is 0 Å². The van der Waals surface area contributed by atoms with E-state index in [0.29, 0.717) is 25.3 Å². The lowest BCUT2D eigenvalue weighted by Gasteiger charge is -2.11. The smallest absolute Gasteiger partial charge is 0.252 e. The molecular formula is C33H28N4O2. The van der Waals surface area contributed by atoms with Gasteiger partial charge in [-0.1, -0.05) is 72.8 Å². The zero-order chi connectivity index (χ0) is 26.6. The van der Waals surface area contributed by atoms with Crippen LogP contribution in [0, 0.1) is 0 Å². The summed E-state index contributed by atoms with van der Waals surface area (Å²) >= 11 is 0. The fourth-order valence-electron chi connectivity index (χ4n) is 4.71. The Balaban J connectivity index is 1.31. The molecule has 0 saturated heterocycles. The van der Waals surface area contributed by atoms with Crippen LogP contribution >= 0.6 is 0 Å². The molecule has 0 radical (unpaired) electrons. The molecule has 6 rings (SSSR count). The van der Waals surface area contributed by atoms with Gasteiger partial charge in [-0.3, -0.25) is 4.79 Å². The summed E-state index contributed by atoms with van der Waals surface area (Å²) in [7, 11) is 0. The molecule has 6 nitrogen and oxygen atoms in total. The van der Waals surface area contributed by atoms with E-state index in [4.69, 9.17) is 15.5 Å². The number of aromatic amines is 1. The lowest BCUT2D eigenvalue weighted by molar-refractivity contribution is 0.0952. The van der Waals surface area contributed by atoms with E-state index < -0.39 is 0 Å². The number of ether oxygens (including phenoxy) is 1. The molecule has 0 aliphatic carbocycles. The number of nitrogens with zero attached hydrogens (tertiary/aromatic N) is 1. The first-order valence-corrected chi connectivity index (χ1v) is 12.9. The predicted molar refractivity (Wildman–Crippen MR) is 155 cm³/mol. The summed E-state index contributed by atoms with van der Waals surface area (Å²) in [4.78, 5) is 21.7. The maximum absolute atomic E-state index is 13.4. The maximum atomic E-state index is 13.4. The zero-order valence-electron chi connectivity index (χ0n) is 21.4. The molecule has 0 bridgehead atoms. The van der Waals surface area contributed by atoms with E-state index in [1.54, 1.807) is 0 Å². The number of carbonyl (C=O) groups is 1. The SMILES string of the molecule is NCc1ccc(CNC(=O)c2cc(-c3c[nH]c4ccc(OCc5ccccc5)cc34)nc3ccccc23)cc1. The highest BCUT2D eigenvalue weighted by Gasteiger charge is 2.16. The Labute approximate surface area is 226 Å². The summed E-state index contributed by atoms with van der Waals surface area (Å²) in [5, 5.41) is 4.86. The second-order valence-corrected chi connectivity index (χ2v) is 9.46. The van der Waals surface area contributed by atoms with Crippen LogP contribution in [0.4, 0.5) is 0 Å². The maximum Gasteiger partial charge on any atom is 0.252 e. The van der Waals surface area contributed by atoms with Crippen LogP contribution in [0.2, 0.25) is 0 Å². The van der Waals surface area contributed by atoms with E-state index in [2.05, 4.69) is 10.3 Å². The van der Waals surface area contributed by atoms with E-state index in [1.807, 2.05) is 109 Å². The van der Waals surface area contributed by atoms with E-state index in [9.17, 15) is 4.79 Å². The van der Waals surface area contributed by atoms with Crippen LogP contribution in [0.3, 0.4) is 0 Å². The quantitative estimate of drug-likeness (QED) is 0.222. The van der Waals surface area contributed by atoms with Gasteiger partial charge in [-0.25, -0.2) is 4.98 Å². The third-order valence-corrected chi connectivity index (χ3v) is 6.85. The molecule has 0 atom stereocenters. The normalized spacial score (nSPS) is 11.1. The van der Waals surface area contributed by atoms with Crippen LogP contribution in [0.1, 0.15) is 27.0 Å². The highest BCUT2D eigenvalue weighted by Crippen LogP contribution is 2.33. The number of amides is 1. The highest BCUT2D eigenvalue weighted by atomic mass is 16.5. The number of fused-ring (bicyclic) bond motifs is 2. The van der Waals surface area contributed by atoms with Gasteiger partial charge in [-0.15, -0.1) is 0 Å². The van der Waals surface area contributed by atoms with Gasteiger partial charge in [0.15, 0.2) is 0 Å². The van der Waals surface area contributed by atoms with Crippen molar-refractivity contribution in [3.63, 3.8) is 0 Å². The molecule has 6 aromatic rings. The van der Waals surface area contributed by atoms with Gasteiger partial charge < -0.3 is 20.8 Å². The molecule has 0 saturated carbocycles. The van der Waals surface area contributed by atoms with Gasteiger partial charge >= 0.3 is 0 Å². The number of H-pyrrole nitrogens is 1. The zero-order valence-corrected chi connectivity index (χ0v) is 21.4. The number of aromatic nitrogens is 2. The molecule has 1 amide bonds. The molecule has 0 fully saturated rings. The summed E-state index contributed by atoms with van der Waals surface area (Å²) in [6.45, 7) is 1.40. The van der Waals surface area contributed by atoms with Crippen molar-refractivity contribution < 1.29 is 9.53 Å². The number of carbonyl (C=O) groups excluding carboxylic acids is 1. The van der Waals surface area contributed by atoms with Crippen LogP contribution in [0.25, 0.3) is 33.1 Å². The van der Waals surface area contributed by atoms with Gasteiger partial charge in [0.25, 0.3) is 5.91 Å². The number of nitrogens with two attached hydrogens (primary N) is 1. The number of pyridine rings is 1. The molecule has 4 N–H and O–H groups in total. The van der Waals surface area contributed by atoms with Gasteiger partial charge in [-0.2, -0.15) is 0 Å². The molecule has 4 aromatic carbocycles. The van der Waals surface area contributed by atoms with Crippen molar-refractivity contribution in [2.45, 2.75) is 19.7 Å². The van der Waals surface area contributed by atoms with Gasteiger partial charge in [0.2, 0.25) is 0 Å². The van der Waals surface area contributed by atoms with Crippen molar-refractivity contribution in [2.24, 2.45) is 5.73 Å². The summed E-state index contributed by atoms with van der Waals surface area (Å²) in [5.41, 5.74) is 12.8. The molecule has 2 aromatic heterocycles. The molecule has 0 aliphatic heterocycles. The molecule has 6 heteroatoms. The molecule has 39 heavy (non-hydrogen) atoms. The Kier molecular flexibility index (Phi) is 6.76. The van der Waals surface area contributed by atoms with E-state index in [0.717, 1.165) is 55.5 Å². The van der Waals surface area contributed by atoms with E-state index in [1.165, 1.54) is 0 Å². The van der Waals surface area contributed by atoms with Gasteiger partial charge in [0.05, 0.1) is 16.8 Å². The number of hydrogen-bond donors (Lipinski definition) is 3. The first-order valence-electron chi connectivity index (χ1n) is 12.9. The van der Waals surface area contributed by atoms with Crippen LogP contribution in [-0.2, 0) is 19.7 Å². The Morgan fingerprint density at radius 1 is 0.821 bits per heavy atom. The standard InChI is InChI=1S/C33H28N4O2/c34-18-22-10-12-23(13-11-22)19-36-33(38)28-17-32(37-31-9-5-4-8-26(28)31)29-20-35-30-15-14-25(16-27(29)30)39-21-24-6-2-1-3-7-24/h1-17,20,35H,18-19,21,34H2,(H,36,38). The number of rotatable bonds is 8.